The Morgan fingerprint density at radius 2 is 1.91 bits per heavy atom. The van der Waals surface area contributed by atoms with E-state index in [2.05, 4.69) is 30.7 Å². The smallest absolute Gasteiger partial charge is 0.254 e. The lowest BCUT2D eigenvalue weighted by molar-refractivity contribution is -0.121. The van der Waals surface area contributed by atoms with E-state index in [4.69, 9.17) is 23.2 Å². The quantitative estimate of drug-likeness (QED) is 0.298. The molecule has 2 bridgehead atoms. The summed E-state index contributed by atoms with van der Waals surface area (Å²) in [6, 6.07) is 6.78. The number of hydrogen-bond donors (Lipinski definition) is 1. The first-order chi connectivity index (χ1) is 20.6. The van der Waals surface area contributed by atoms with Crippen LogP contribution in [0.4, 0.5) is 14.5 Å². The summed E-state index contributed by atoms with van der Waals surface area (Å²) < 4.78 is 34.9. The van der Waals surface area contributed by atoms with Crippen LogP contribution in [0.1, 0.15) is 31.5 Å². The van der Waals surface area contributed by atoms with Gasteiger partial charge in [-0.25, -0.2) is 18.4 Å². The molecule has 1 N–H and O–H groups in total. The first kappa shape index (κ1) is 28.6. The maximum Gasteiger partial charge on any atom is 0.254 e. The number of carbonyl (C=O) groups is 1. The van der Waals surface area contributed by atoms with E-state index in [1.807, 2.05) is 0 Å². The van der Waals surface area contributed by atoms with Crippen LogP contribution >= 0.6 is 23.2 Å². The van der Waals surface area contributed by atoms with Gasteiger partial charge in [-0.05, 0) is 37.1 Å². The monoisotopic (exact) mass is 625 g/mol. The van der Waals surface area contributed by atoms with Gasteiger partial charge < -0.3 is 5.32 Å². The molecule has 220 valence electrons. The minimum absolute atomic E-state index is 0.00840. The molecule has 1 aliphatic heterocycles. The lowest BCUT2D eigenvalue weighted by atomic mass is 9.95. The number of amides is 1. The first-order valence-corrected chi connectivity index (χ1v) is 14.0. The Bertz CT molecular complexity index is 1920. The molecule has 0 radical (unpaired) electrons. The molecule has 1 amide bonds. The van der Waals surface area contributed by atoms with Gasteiger partial charge in [0, 0.05) is 24.9 Å². The van der Waals surface area contributed by atoms with Crippen molar-refractivity contribution in [3.05, 3.63) is 87.3 Å². The van der Waals surface area contributed by atoms with E-state index >= 15 is 8.78 Å². The predicted octanol–water partition coefficient (Wildman–Crippen LogP) is 5.03. The second-order valence-electron chi connectivity index (χ2n) is 10.1. The lowest BCUT2D eigenvalue weighted by Crippen LogP contribution is -2.31. The number of fused-ring (bicyclic) bond motifs is 4. The summed E-state index contributed by atoms with van der Waals surface area (Å²) in [6.07, 6.45) is 4.29. The summed E-state index contributed by atoms with van der Waals surface area (Å²) in [6.45, 7) is 1.51. The van der Waals surface area contributed by atoms with Crippen LogP contribution in [0.2, 0.25) is 10.2 Å². The van der Waals surface area contributed by atoms with Crippen molar-refractivity contribution in [1.82, 2.24) is 39.3 Å². The molecule has 3 atom stereocenters. The fourth-order valence-corrected chi connectivity index (χ4v) is 5.46. The first-order valence-electron chi connectivity index (χ1n) is 13.2. The molecule has 0 saturated carbocycles. The summed E-state index contributed by atoms with van der Waals surface area (Å²) in [5, 5.41) is 14.6. The van der Waals surface area contributed by atoms with Crippen LogP contribution in [0.25, 0.3) is 28.2 Å². The van der Waals surface area contributed by atoms with Gasteiger partial charge in [0.2, 0.25) is 5.91 Å². The molecule has 5 aromatic rings. The highest BCUT2D eigenvalue weighted by molar-refractivity contribution is 6.31. The molecule has 0 saturated heterocycles. The van der Waals surface area contributed by atoms with E-state index in [1.54, 1.807) is 30.1 Å². The Labute approximate surface area is 253 Å². The molecular weight excluding hydrogens is 603 g/mol. The number of nitrogens with zero attached hydrogens (tertiary/aromatic N) is 8. The number of halogens is 4. The minimum atomic E-state index is -1.51. The van der Waals surface area contributed by atoms with Crippen molar-refractivity contribution in [3.63, 3.8) is 0 Å². The van der Waals surface area contributed by atoms with E-state index < -0.39 is 35.4 Å². The topological polar surface area (TPSA) is 125 Å². The maximum atomic E-state index is 15.4. The SMILES string of the molecule is CC1C(=O)Nc2cnn(C)c2-c2ccnc(c2)C(n2cnc(-c3c(-n4cc(Cl)nn4)ccc(Cl)c3F)cc2=O)CCC1F. The van der Waals surface area contributed by atoms with Crippen LogP contribution in [-0.4, -0.2) is 51.4 Å². The number of nitrogens with one attached hydrogen (secondary N) is 1. The highest BCUT2D eigenvalue weighted by Gasteiger charge is 2.29. The molecule has 1 aliphatic rings. The second kappa shape index (κ2) is 11.3. The van der Waals surface area contributed by atoms with Gasteiger partial charge in [0.25, 0.3) is 5.56 Å². The Hall–Kier alpha value is -4.49. The van der Waals surface area contributed by atoms with Gasteiger partial charge in [-0.3, -0.25) is 23.8 Å². The summed E-state index contributed by atoms with van der Waals surface area (Å²) in [5.74, 6) is -2.26. The summed E-state index contributed by atoms with van der Waals surface area (Å²) in [5.41, 5.74) is 1.76. The van der Waals surface area contributed by atoms with E-state index in [1.165, 1.54) is 53.1 Å². The molecule has 0 spiro atoms. The average Bonchev–Trinajstić information content (AvgIpc) is 3.59. The third kappa shape index (κ3) is 5.30. The van der Waals surface area contributed by atoms with Crippen molar-refractivity contribution in [2.75, 3.05) is 5.32 Å². The second-order valence-corrected chi connectivity index (χ2v) is 10.9. The largest absolute Gasteiger partial charge is 0.323 e. The number of hydrogen-bond acceptors (Lipinski definition) is 7. The molecule has 3 unspecified atom stereocenters. The van der Waals surface area contributed by atoms with Gasteiger partial charge in [-0.15, -0.1) is 5.10 Å². The molecular formula is C28H23Cl2F2N9O2. The van der Waals surface area contributed by atoms with Crippen LogP contribution in [0, 0.1) is 11.7 Å². The normalized spacial score (nSPS) is 18.8. The maximum absolute atomic E-state index is 15.4. The van der Waals surface area contributed by atoms with E-state index in [-0.39, 0.29) is 40.0 Å². The third-order valence-corrected chi connectivity index (χ3v) is 7.94. The zero-order valence-corrected chi connectivity index (χ0v) is 24.3. The number of carbonyl (C=O) groups excluding carboxylic acids is 1. The molecule has 11 nitrogen and oxygen atoms in total. The number of rotatable bonds is 3. The number of alkyl halides is 1. The average molecular weight is 626 g/mol. The highest BCUT2D eigenvalue weighted by atomic mass is 35.5. The van der Waals surface area contributed by atoms with Crippen LogP contribution in [0.15, 0.2) is 60.0 Å². The molecule has 4 aromatic heterocycles. The van der Waals surface area contributed by atoms with Crippen molar-refractivity contribution >= 4 is 34.8 Å². The molecule has 1 aromatic carbocycles. The molecule has 0 aliphatic carbocycles. The molecule has 0 fully saturated rings. The lowest BCUT2D eigenvalue weighted by Gasteiger charge is -2.24. The van der Waals surface area contributed by atoms with Crippen molar-refractivity contribution in [2.45, 2.75) is 32.0 Å². The highest BCUT2D eigenvalue weighted by Crippen LogP contribution is 2.35. The number of benzene rings is 1. The van der Waals surface area contributed by atoms with E-state index in [0.29, 0.717) is 22.6 Å². The van der Waals surface area contributed by atoms with Crippen molar-refractivity contribution < 1.29 is 13.6 Å². The Morgan fingerprint density at radius 3 is 2.65 bits per heavy atom. The molecule has 15 heteroatoms. The van der Waals surface area contributed by atoms with Gasteiger partial charge in [-0.1, -0.05) is 35.3 Å². The molecule has 5 heterocycles. The predicted molar refractivity (Wildman–Crippen MR) is 155 cm³/mol. The van der Waals surface area contributed by atoms with Gasteiger partial charge >= 0.3 is 0 Å². The van der Waals surface area contributed by atoms with Crippen molar-refractivity contribution in [2.24, 2.45) is 13.0 Å². The van der Waals surface area contributed by atoms with Gasteiger partial charge in [0.15, 0.2) is 11.0 Å². The number of aryl methyl sites for hydroxylation is 1. The van der Waals surface area contributed by atoms with Crippen molar-refractivity contribution in [1.29, 1.82) is 0 Å². The summed E-state index contributed by atoms with van der Waals surface area (Å²) in [7, 11) is 1.72. The van der Waals surface area contributed by atoms with Gasteiger partial charge in [0.05, 0.1) is 69.7 Å². The minimum Gasteiger partial charge on any atom is -0.323 e. The zero-order chi connectivity index (χ0) is 30.4. The molecule has 43 heavy (non-hydrogen) atoms. The number of anilines is 1. The Morgan fingerprint density at radius 1 is 1.09 bits per heavy atom. The summed E-state index contributed by atoms with van der Waals surface area (Å²) >= 11 is 12.0. The van der Waals surface area contributed by atoms with Crippen molar-refractivity contribution in [3.8, 4) is 28.2 Å². The van der Waals surface area contributed by atoms with E-state index in [9.17, 15) is 9.59 Å². The van der Waals surface area contributed by atoms with Gasteiger partial charge in [0.1, 0.15) is 6.17 Å². The number of pyridine rings is 1. The van der Waals surface area contributed by atoms with E-state index in [0.717, 1.165) is 0 Å². The molecule has 6 rings (SSSR count). The fourth-order valence-electron chi connectivity index (χ4n) is 5.17. The van der Waals surface area contributed by atoms with Crippen LogP contribution in [0.5, 0.6) is 0 Å². The Kier molecular flexibility index (Phi) is 7.52. The zero-order valence-electron chi connectivity index (χ0n) is 22.7. The van der Waals surface area contributed by atoms with Gasteiger partial charge in [-0.2, -0.15) is 5.10 Å². The number of aromatic nitrogens is 8. The Balaban J connectivity index is 1.47. The fraction of sp³-hybridized carbons (Fsp3) is 0.250. The standard InChI is InChI=1S/C28H23Cl2F2N9O2/c1-14-17(31)4-6-21(18-9-15(7-8-33-18)27-20(36-28(14)43)11-35-39(27)2)40-13-34-19(10-24(40)42)25-22(5-3-16(29)26(25)32)41-12-23(30)37-38-41/h3,5,7-14,17,21H,4,6H2,1-2H3,(H,36,43). The third-order valence-electron chi connectivity index (χ3n) is 7.48. The summed E-state index contributed by atoms with van der Waals surface area (Å²) in [4.78, 5) is 35.4. The van der Waals surface area contributed by atoms with Crippen LogP contribution in [0.3, 0.4) is 0 Å². The van der Waals surface area contributed by atoms with Crippen LogP contribution in [-0.2, 0) is 11.8 Å². The van der Waals surface area contributed by atoms with Crippen LogP contribution < -0.4 is 10.9 Å².